The number of nitrogens with two attached hydrogens (primary N) is 1. The summed E-state index contributed by atoms with van der Waals surface area (Å²) in [5.41, 5.74) is 8.72. The van der Waals surface area contributed by atoms with Crippen molar-refractivity contribution >= 4 is 27.5 Å². The number of hydrogen-bond acceptors (Lipinski definition) is 1. The van der Waals surface area contributed by atoms with Crippen molar-refractivity contribution in [1.29, 1.82) is 0 Å². The summed E-state index contributed by atoms with van der Waals surface area (Å²) < 4.78 is 13.9. The molecule has 2 N–H and O–H groups in total. The van der Waals surface area contributed by atoms with Crippen LogP contribution in [0.3, 0.4) is 0 Å². The van der Waals surface area contributed by atoms with Gasteiger partial charge in [0.1, 0.15) is 5.82 Å². The Kier molecular flexibility index (Phi) is 4.05. The lowest BCUT2D eigenvalue weighted by molar-refractivity contribution is 0.624. The Balaban J connectivity index is 2.48. The van der Waals surface area contributed by atoms with E-state index < -0.39 is 0 Å². The summed E-state index contributed by atoms with van der Waals surface area (Å²) in [7, 11) is 0. The molecule has 0 heterocycles. The zero-order chi connectivity index (χ0) is 13.3. The van der Waals surface area contributed by atoms with Crippen molar-refractivity contribution in [2.45, 2.75) is 13.0 Å². The predicted molar refractivity (Wildman–Crippen MR) is 76.3 cm³/mol. The predicted octanol–water partition coefficient (Wildman–Crippen LogP) is 4.60. The minimum atomic E-state index is -0.365. The van der Waals surface area contributed by atoms with E-state index in [9.17, 15) is 4.39 Å². The lowest BCUT2D eigenvalue weighted by Gasteiger charge is -2.17. The zero-order valence-electron chi connectivity index (χ0n) is 9.75. The zero-order valence-corrected chi connectivity index (χ0v) is 12.1. The van der Waals surface area contributed by atoms with Gasteiger partial charge in [-0.2, -0.15) is 0 Å². The van der Waals surface area contributed by atoms with Gasteiger partial charge in [-0.05, 0) is 57.7 Å². The molecule has 0 saturated heterocycles. The molecule has 0 aliphatic carbocycles. The highest BCUT2D eigenvalue weighted by atomic mass is 79.9. The van der Waals surface area contributed by atoms with Crippen molar-refractivity contribution in [3.05, 3.63) is 68.4 Å². The lowest BCUT2D eigenvalue weighted by Crippen LogP contribution is -2.14. The fourth-order valence-corrected chi connectivity index (χ4v) is 2.54. The molecule has 1 atom stereocenters. The van der Waals surface area contributed by atoms with Crippen LogP contribution in [0.4, 0.5) is 4.39 Å². The van der Waals surface area contributed by atoms with Gasteiger partial charge in [0.25, 0.3) is 0 Å². The molecule has 2 rings (SSSR count). The van der Waals surface area contributed by atoms with Crippen LogP contribution in [0.25, 0.3) is 0 Å². The van der Waals surface area contributed by atoms with Gasteiger partial charge in [-0.3, -0.25) is 0 Å². The minimum absolute atomic E-state index is 0.260. The molecule has 0 fully saturated rings. The molecule has 0 aliphatic heterocycles. The maximum Gasteiger partial charge on any atom is 0.123 e. The summed E-state index contributed by atoms with van der Waals surface area (Å²) in [5.74, 6) is -0.260. The smallest absolute Gasteiger partial charge is 0.123 e. The van der Waals surface area contributed by atoms with E-state index >= 15 is 0 Å². The summed E-state index contributed by atoms with van der Waals surface area (Å²) in [6.07, 6.45) is 0. The fourth-order valence-electron chi connectivity index (χ4n) is 1.92. The first-order valence-corrected chi connectivity index (χ1v) is 6.63. The summed E-state index contributed by atoms with van der Waals surface area (Å²) >= 11 is 9.59. The Morgan fingerprint density at radius 2 is 1.94 bits per heavy atom. The molecule has 0 amide bonds. The van der Waals surface area contributed by atoms with Gasteiger partial charge < -0.3 is 5.73 Å². The summed E-state index contributed by atoms with van der Waals surface area (Å²) in [6, 6.07) is 9.83. The van der Waals surface area contributed by atoms with Crippen molar-refractivity contribution in [3.63, 3.8) is 0 Å². The molecule has 0 aromatic heterocycles. The maximum absolute atomic E-state index is 13.1. The molecule has 2 aromatic rings. The summed E-state index contributed by atoms with van der Waals surface area (Å²) in [4.78, 5) is 0. The van der Waals surface area contributed by atoms with Crippen LogP contribution in [0.5, 0.6) is 0 Å². The third-order valence-corrected chi connectivity index (χ3v) is 4.19. The van der Waals surface area contributed by atoms with Crippen molar-refractivity contribution in [2.24, 2.45) is 5.73 Å². The Hall–Kier alpha value is -0.900. The van der Waals surface area contributed by atoms with Crippen LogP contribution < -0.4 is 5.73 Å². The number of aryl methyl sites for hydroxylation is 1. The number of halogens is 3. The topological polar surface area (TPSA) is 26.0 Å². The van der Waals surface area contributed by atoms with Crippen LogP contribution in [0, 0.1) is 12.7 Å². The molecule has 18 heavy (non-hydrogen) atoms. The van der Waals surface area contributed by atoms with E-state index in [1.165, 1.54) is 12.1 Å². The number of hydrogen-bond donors (Lipinski definition) is 1. The molecular weight excluding hydrogens is 317 g/mol. The van der Waals surface area contributed by atoms with E-state index in [1.54, 1.807) is 6.07 Å². The second-order valence-corrected chi connectivity index (χ2v) is 5.35. The molecule has 0 saturated carbocycles. The van der Waals surface area contributed by atoms with Gasteiger partial charge in [0.2, 0.25) is 0 Å². The standard InChI is InChI=1S/C14H12BrClFN/c1-8-7-9(17)5-6-10(8)14(18)11-3-2-4-12(15)13(11)16/h2-7,14H,18H2,1H3. The molecule has 0 radical (unpaired) electrons. The van der Waals surface area contributed by atoms with Gasteiger partial charge in [0.15, 0.2) is 0 Å². The van der Waals surface area contributed by atoms with E-state index in [1.807, 2.05) is 25.1 Å². The second-order valence-electron chi connectivity index (χ2n) is 4.12. The first-order valence-electron chi connectivity index (χ1n) is 5.46. The molecule has 94 valence electrons. The number of rotatable bonds is 2. The molecular formula is C14H12BrClFN. The van der Waals surface area contributed by atoms with E-state index in [0.29, 0.717) is 5.02 Å². The average Bonchev–Trinajstić information content (AvgIpc) is 2.32. The normalized spacial score (nSPS) is 12.5. The van der Waals surface area contributed by atoms with Gasteiger partial charge in [0.05, 0.1) is 11.1 Å². The van der Waals surface area contributed by atoms with Crippen molar-refractivity contribution in [2.75, 3.05) is 0 Å². The van der Waals surface area contributed by atoms with E-state index in [4.69, 9.17) is 17.3 Å². The summed E-state index contributed by atoms with van der Waals surface area (Å²) in [6.45, 7) is 1.84. The average molecular weight is 329 g/mol. The Labute approximate surface area is 119 Å². The highest BCUT2D eigenvalue weighted by molar-refractivity contribution is 9.10. The molecule has 0 spiro atoms. The van der Waals surface area contributed by atoms with Crippen molar-refractivity contribution < 1.29 is 4.39 Å². The highest BCUT2D eigenvalue weighted by Gasteiger charge is 2.16. The van der Waals surface area contributed by atoms with Crippen LogP contribution in [0.2, 0.25) is 5.02 Å². The van der Waals surface area contributed by atoms with Gasteiger partial charge in [-0.15, -0.1) is 0 Å². The van der Waals surface area contributed by atoms with Crippen LogP contribution in [-0.4, -0.2) is 0 Å². The van der Waals surface area contributed by atoms with Gasteiger partial charge in [-0.25, -0.2) is 4.39 Å². The molecule has 1 unspecified atom stereocenters. The number of benzene rings is 2. The van der Waals surface area contributed by atoms with E-state index in [0.717, 1.165) is 21.2 Å². The van der Waals surface area contributed by atoms with Crippen LogP contribution in [-0.2, 0) is 0 Å². The van der Waals surface area contributed by atoms with Gasteiger partial charge in [-0.1, -0.05) is 29.8 Å². The molecule has 4 heteroatoms. The first-order chi connectivity index (χ1) is 8.50. The van der Waals surface area contributed by atoms with Crippen molar-refractivity contribution in [1.82, 2.24) is 0 Å². The van der Waals surface area contributed by atoms with Crippen LogP contribution in [0.15, 0.2) is 40.9 Å². The minimum Gasteiger partial charge on any atom is -0.320 e. The van der Waals surface area contributed by atoms with Gasteiger partial charge in [0, 0.05) is 4.47 Å². The fraction of sp³-hybridized carbons (Fsp3) is 0.143. The largest absolute Gasteiger partial charge is 0.320 e. The molecule has 0 aliphatic rings. The SMILES string of the molecule is Cc1cc(F)ccc1C(N)c1cccc(Br)c1Cl. The quantitative estimate of drug-likeness (QED) is 0.856. The Morgan fingerprint density at radius 3 is 2.61 bits per heavy atom. The van der Waals surface area contributed by atoms with Crippen molar-refractivity contribution in [3.8, 4) is 0 Å². The maximum atomic E-state index is 13.1. The summed E-state index contributed by atoms with van der Waals surface area (Å²) in [5, 5.41) is 0.591. The molecule has 2 aromatic carbocycles. The van der Waals surface area contributed by atoms with E-state index in [2.05, 4.69) is 15.9 Å². The monoisotopic (exact) mass is 327 g/mol. The third kappa shape index (κ3) is 2.58. The lowest BCUT2D eigenvalue weighted by atomic mass is 9.96. The highest BCUT2D eigenvalue weighted by Crippen LogP contribution is 2.33. The van der Waals surface area contributed by atoms with E-state index in [-0.39, 0.29) is 11.9 Å². The third-order valence-electron chi connectivity index (χ3n) is 2.88. The van der Waals surface area contributed by atoms with Crippen LogP contribution in [0.1, 0.15) is 22.7 Å². The Bertz CT molecular complexity index is 586. The van der Waals surface area contributed by atoms with Crippen LogP contribution >= 0.6 is 27.5 Å². The first kappa shape index (κ1) is 13.5. The second kappa shape index (κ2) is 5.39. The Morgan fingerprint density at radius 1 is 1.22 bits per heavy atom. The van der Waals surface area contributed by atoms with Gasteiger partial charge >= 0.3 is 0 Å². The molecule has 0 bridgehead atoms. The molecule has 1 nitrogen and oxygen atoms in total.